The van der Waals surface area contributed by atoms with E-state index in [0.717, 1.165) is 22.7 Å². The molecule has 1 aromatic heterocycles. The van der Waals surface area contributed by atoms with Crippen LogP contribution in [0.25, 0.3) is 93.2 Å². The lowest BCUT2D eigenvalue weighted by molar-refractivity contribution is 1.18. The van der Waals surface area contributed by atoms with E-state index in [1.54, 1.807) is 0 Å². The first-order valence-corrected chi connectivity index (χ1v) is 22.4. The molecule has 3 heteroatoms. The van der Waals surface area contributed by atoms with Crippen LogP contribution in [0.1, 0.15) is 0 Å². The molecular weight excluding hydrogens is 781 g/mol. The van der Waals surface area contributed by atoms with Crippen molar-refractivity contribution in [1.82, 2.24) is 4.57 Å². The third-order valence-corrected chi connectivity index (χ3v) is 14.1. The van der Waals surface area contributed by atoms with Gasteiger partial charge in [0.05, 0.1) is 11.0 Å². The van der Waals surface area contributed by atoms with Gasteiger partial charge in [-0.3, -0.25) is 0 Å². The predicted octanol–water partition coefficient (Wildman–Crippen LogP) is 17.2. The highest BCUT2D eigenvalue weighted by molar-refractivity contribution is 7.99. The first-order chi connectivity index (χ1) is 31.2. The zero-order valence-electron chi connectivity index (χ0n) is 34.2. The minimum atomic E-state index is 1.10. The first kappa shape index (κ1) is 35.9. The van der Waals surface area contributed by atoms with Crippen LogP contribution in [-0.4, -0.2) is 4.57 Å². The second kappa shape index (κ2) is 14.4. The van der Waals surface area contributed by atoms with Gasteiger partial charge in [-0.05, 0) is 133 Å². The zero-order chi connectivity index (χ0) is 41.4. The van der Waals surface area contributed by atoms with Crippen molar-refractivity contribution >= 4 is 82.9 Å². The Hall–Kier alpha value is -7.85. The fraction of sp³-hybridized carbons (Fsp3) is 0. The maximum absolute atomic E-state index is 2.42. The second-order valence-electron chi connectivity index (χ2n) is 16.5. The lowest BCUT2D eigenvalue weighted by Crippen LogP contribution is -2.10. The molecule has 0 N–H and O–H groups in total. The fourth-order valence-corrected chi connectivity index (χ4v) is 11.1. The SMILES string of the molecule is c1ccc(-n2c3cc(-c4ccc(N(c5ccc(-c6ccc7ccccc7c6)cc5)c5ccc6c(c5)Sc5cccc7cccc-6c57)cc4)ccc3c3c4ccccc4ccc32)cc1. The van der Waals surface area contributed by atoms with Crippen molar-refractivity contribution in [3.63, 3.8) is 0 Å². The van der Waals surface area contributed by atoms with Crippen LogP contribution in [0.5, 0.6) is 0 Å². The molecule has 12 aromatic rings. The summed E-state index contributed by atoms with van der Waals surface area (Å²) in [5, 5.41) is 10.2. The molecule has 1 aliphatic rings. The number of rotatable bonds is 6. The Morgan fingerprint density at radius 2 is 0.937 bits per heavy atom. The van der Waals surface area contributed by atoms with Crippen molar-refractivity contribution < 1.29 is 0 Å². The van der Waals surface area contributed by atoms with E-state index in [0.29, 0.717) is 0 Å². The minimum Gasteiger partial charge on any atom is -0.310 e. The van der Waals surface area contributed by atoms with Crippen molar-refractivity contribution in [3.8, 4) is 39.1 Å². The van der Waals surface area contributed by atoms with Crippen molar-refractivity contribution in [3.05, 3.63) is 231 Å². The summed E-state index contributed by atoms with van der Waals surface area (Å²) < 4.78 is 2.42. The van der Waals surface area contributed by atoms with Gasteiger partial charge >= 0.3 is 0 Å². The van der Waals surface area contributed by atoms with Gasteiger partial charge in [0.1, 0.15) is 0 Å². The Morgan fingerprint density at radius 3 is 1.73 bits per heavy atom. The van der Waals surface area contributed by atoms with Crippen molar-refractivity contribution in [2.45, 2.75) is 9.79 Å². The quantitative estimate of drug-likeness (QED) is 0.165. The molecule has 2 heterocycles. The molecule has 1 aliphatic heterocycles. The van der Waals surface area contributed by atoms with E-state index < -0.39 is 0 Å². The molecule has 13 rings (SSSR count). The van der Waals surface area contributed by atoms with Crippen LogP contribution in [0.3, 0.4) is 0 Å². The van der Waals surface area contributed by atoms with Crippen LogP contribution in [0, 0.1) is 0 Å². The number of nitrogens with zero attached hydrogens (tertiary/aromatic N) is 2. The summed E-state index contributed by atoms with van der Waals surface area (Å²) in [6, 6.07) is 84.8. The molecule has 2 nitrogen and oxygen atoms in total. The number of fused-ring (bicyclic) bond motifs is 8. The highest BCUT2D eigenvalue weighted by atomic mass is 32.2. The van der Waals surface area contributed by atoms with Crippen LogP contribution in [0.2, 0.25) is 0 Å². The molecule has 63 heavy (non-hydrogen) atoms. The smallest absolute Gasteiger partial charge is 0.0547 e. The van der Waals surface area contributed by atoms with E-state index in [1.807, 2.05) is 11.8 Å². The Labute approximate surface area is 369 Å². The van der Waals surface area contributed by atoms with Gasteiger partial charge in [-0.1, -0.05) is 169 Å². The molecule has 0 unspecified atom stereocenters. The van der Waals surface area contributed by atoms with Crippen LogP contribution >= 0.6 is 11.8 Å². The number of hydrogen-bond donors (Lipinski definition) is 0. The molecule has 0 fully saturated rings. The van der Waals surface area contributed by atoms with Gasteiger partial charge in [-0.25, -0.2) is 0 Å². The van der Waals surface area contributed by atoms with Gasteiger partial charge in [0.2, 0.25) is 0 Å². The second-order valence-corrected chi connectivity index (χ2v) is 17.6. The fourth-order valence-electron chi connectivity index (χ4n) is 9.94. The maximum Gasteiger partial charge on any atom is 0.0547 e. The summed E-state index contributed by atoms with van der Waals surface area (Å²) in [5.74, 6) is 0. The summed E-state index contributed by atoms with van der Waals surface area (Å²) in [7, 11) is 0. The van der Waals surface area contributed by atoms with Gasteiger partial charge in [0, 0.05) is 48.7 Å². The van der Waals surface area contributed by atoms with Crippen molar-refractivity contribution in [2.24, 2.45) is 0 Å². The Bertz CT molecular complexity index is 3750. The Balaban J connectivity index is 0.927. The third-order valence-electron chi connectivity index (χ3n) is 12.9. The summed E-state index contributed by atoms with van der Waals surface area (Å²) in [4.78, 5) is 4.97. The number of anilines is 3. The van der Waals surface area contributed by atoms with Gasteiger partial charge in [-0.2, -0.15) is 0 Å². The van der Waals surface area contributed by atoms with Gasteiger partial charge in [0.25, 0.3) is 0 Å². The molecule has 0 atom stereocenters. The van der Waals surface area contributed by atoms with Crippen molar-refractivity contribution in [2.75, 3.05) is 4.90 Å². The Kier molecular flexibility index (Phi) is 8.18. The normalized spacial score (nSPS) is 12.1. The van der Waals surface area contributed by atoms with E-state index >= 15 is 0 Å². The number of para-hydroxylation sites is 1. The van der Waals surface area contributed by atoms with E-state index in [9.17, 15) is 0 Å². The summed E-state index contributed by atoms with van der Waals surface area (Å²) in [6.45, 7) is 0. The average molecular weight is 819 g/mol. The topological polar surface area (TPSA) is 8.17 Å². The molecule has 11 aromatic carbocycles. The maximum atomic E-state index is 2.42. The molecule has 0 saturated heterocycles. The Morgan fingerprint density at radius 1 is 0.317 bits per heavy atom. The van der Waals surface area contributed by atoms with E-state index in [4.69, 9.17) is 0 Å². The lowest BCUT2D eigenvalue weighted by atomic mass is 9.97. The van der Waals surface area contributed by atoms with Crippen LogP contribution in [-0.2, 0) is 0 Å². The number of benzene rings is 11. The molecule has 294 valence electrons. The molecular formula is C60H38N2S. The third kappa shape index (κ3) is 5.89. The molecule has 0 aliphatic carbocycles. The van der Waals surface area contributed by atoms with Crippen LogP contribution in [0.4, 0.5) is 17.1 Å². The average Bonchev–Trinajstić information content (AvgIpc) is 3.69. The van der Waals surface area contributed by atoms with Gasteiger partial charge in [-0.15, -0.1) is 0 Å². The van der Waals surface area contributed by atoms with Gasteiger partial charge < -0.3 is 9.47 Å². The summed E-state index contributed by atoms with van der Waals surface area (Å²) in [6.07, 6.45) is 0. The largest absolute Gasteiger partial charge is 0.310 e. The predicted molar refractivity (Wildman–Crippen MR) is 268 cm³/mol. The van der Waals surface area contributed by atoms with Gasteiger partial charge in [0.15, 0.2) is 0 Å². The molecule has 0 amide bonds. The highest BCUT2D eigenvalue weighted by Crippen LogP contribution is 2.50. The van der Waals surface area contributed by atoms with Crippen LogP contribution < -0.4 is 4.90 Å². The van der Waals surface area contributed by atoms with E-state index in [-0.39, 0.29) is 0 Å². The molecule has 0 spiro atoms. The lowest BCUT2D eigenvalue weighted by Gasteiger charge is -2.28. The standard InChI is InChI=1S/C60H38N2S/c1-2-15-47(16-3-1)62-55-35-27-42-11-6-7-17-51(42)60(55)54-33-26-46(37-56(54)62)41-24-30-49(31-25-41)61(48-28-22-40(23-29-48)45-21-20-39-10-4-5-12-44(39)36-45)50-32-34-52-53-18-8-13-43-14-9-19-57(59(43)53)63-58(52)38-50/h1-38H. The molecule has 0 saturated carbocycles. The van der Waals surface area contributed by atoms with E-state index in [1.165, 1.54) is 97.3 Å². The zero-order valence-corrected chi connectivity index (χ0v) is 35.1. The van der Waals surface area contributed by atoms with Crippen LogP contribution in [0.15, 0.2) is 240 Å². The number of hydrogen-bond acceptors (Lipinski definition) is 2. The summed E-state index contributed by atoms with van der Waals surface area (Å²) in [5.41, 5.74) is 14.3. The number of aromatic nitrogens is 1. The highest BCUT2D eigenvalue weighted by Gasteiger charge is 2.22. The monoisotopic (exact) mass is 818 g/mol. The first-order valence-electron chi connectivity index (χ1n) is 21.6. The molecule has 0 bridgehead atoms. The summed E-state index contributed by atoms with van der Waals surface area (Å²) >= 11 is 1.87. The van der Waals surface area contributed by atoms with Crippen molar-refractivity contribution in [1.29, 1.82) is 0 Å². The minimum absolute atomic E-state index is 1.10. The van der Waals surface area contributed by atoms with E-state index in [2.05, 4.69) is 240 Å². The molecule has 0 radical (unpaired) electrons.